The quantitative estimate of drug-likeness (QED) is 0.780. The van der Waals surface area contributed by atoms with Gasteiger partial charge < -0.3 is 15.2 Å². The van der Waals surface area contributed by atoms with Crippen molar-refractivity contribution in [1.29, 1.82) is 10.5 Å². The molecule has 1 aliphatic heterocycles. The van der Waals surface area contributed by atoms with E-state index in [1.807, 2.05) is 24.3 Å². The molecule has 0 saturated heterocycles. The fraction of sp³-hybridized carbons (Fsp3) is 0.471. The summed E-state index contributed by atoms with van der Waals surface area (Å²) in [5.41, 5.74) is 4.40. The van der Waals surface area contributed by atoms with Gasteiger partial charge in [-0.05, 0) is 25.5 Å². The van der Waals surface area contributed by atoms with Crippen molar-refractivity contribution in [3.63, 3.8) is 0 Å². The van der Waals surface area contributed by atoms with Crippen molar-refractivity contribution in [3.8, 4) is 12.1 Å². The molecule has 7 heteroatoms. The van der Waals surface area contributed by atoms with E-state index in [4.69, 9.17) is 15.2 Å². The molecule has 1 saturated carbocycles. The van der Waals surface area contributed by atoms with E-state index in [1.165, 1.54) is 0 Å². The van der Waals surface area contributed by atoms with E-state index in [1.54, 1.807) is 13.8 Å². The van der Waals surface area contributed by atoms with Gasteiger partial charge in [-0.2, -0.15) is 10.5 Å². The molecule has 0 radical (unpaired) electrons. The number of nitriles is 2. The molecule has 6 nitrogen and oxygen atoms in total. The van der Waals surface area contributed by atoms with Crippen LogP contribution < -0.4 is 5.73 Å². The van der Waals surface area contributed by atoms with Crippen molar-refractivity contribution < 1.29 is 9.47 Å². The summed E-state index contributed by atoms with van der Waals surface area (Å²) in [6, 6.07) is 12.0. The van der Waals surface area contributed by atoms with Gasteiger partial charge in [-0.1, -0.05) is 34.1 Å². The molecule has 2 N–H and O–H groups in total. The van der Waals surface area contributed by atoms with E-state index in [9.17, 15) is 10.5 Å². The van der Waals surface area contributed by atoms with E-state index in [0.29, 0.717) is 0 Å². The summed E-state index contributed by atoms with van der Waals surface area (Å²) in [5, 5.41) is 20.0. The van der Waals surface area contributed by atoms with Crippen LogP contribution in [-0.2, 0) is 9.47 Å². The Kier molecular flexibility index (Phi) is 3.92. The lowest BCUT2D eigenvalue weighted by molar-refractivity contribution is -0.255. The SMILES string of the molecule is CCOC1(OCC)N=C(N)C2(C#N)C(c3ccccc3Br)C12C#N. The molecule has 3 unspecified atom stereocenters. The van der Waals surface area contributed by atoms with Crippen LogP contribution in [0.25, 0.3) is 0 Å². The van der Waals surface area contributed by atoms with E-state index >= 15 is 0 Å². The topological polar surface area (TPSA) is 104 Å². The van der Waals surface area contributed by atoms with Crippen LogP contribution in [0.5, 0.6) is 0 Å². The van der Waals surface area contributed by atoms with Crippen LogP contribution in [0.2, 0.25) is 0 Å². The molecule has 1 aliphatic carbocycles. The molecule has 2 aliphatic rings. The summed E-state index contributed by atoms with van der Waals surface area (Å²) in [4.78, 5) is 4.31. The highest BCUT2D eigenvalue weighted by Crippen LogP contribution is 2.82. The van der Waals surface area contributed by atoms with E-state index in [0.717, 1.165) is 10.0 Å². The lowest BCUT2D eigenvalue weighted by atomic mass is 9.93. The summed E-state index contributed by atoms with van der Waals surface area (Å²) < 4.78 is 12.4. The average Bonchev–Trinajstić information content (AvgIpc) is 3.14. The van der Waals surface area contributed by atoms with Crippen LogP contribution in [0.3, 0.4) is 0 Å². The molecule has 1 heterocycles. The van der Waals surface area contributed by atoms with Crippen molar-refractivity contribution in [2.45, 2.75) is 25.7 Å². The first-order valence-corrected chi connectivity index (χ1v) is 8.51. The number of aliphatic imine (C=N–C) groups is 1. The van der Waals surface area contributed by atoms with E-state index in [-0.39, 0.29) is 19.0 Å². The number of amidine groups is 1. The Morgan fingerprint density at radius 1 is 1.21 bits per heavy atom. The third kappa shape index (κ3) is 1.67. The van der Waals surface area contributed by atoms with Crippen molar-refractivity contribution >= 4 is 21.8 Å². The Morgan fingerprint density at radius 2 is 1.83 bits per heavy atom. The van der Waals surface area contributed by atoms with Crippen LogP contribution in [0.15, 0.2) is 33.7 Å². The molecule has 1 aromatic rings. The number of fused-ring (bicyclic) bond motifs is 1. The van der Waals surface area contributed by atoms with Crippen LogP contribution in [-0.4, -0.2) is 25.0 Å². The minimum absolute atomic E-state index is 0.0919. The second-order valence-electron chi connectivity index (χ2n) is 5.74. The number of ether oxygens (including phenoxy) is 2. The Bertz CT molecular complexity index is 791. The molecule has 24 heavy (non-hydrogen) atoms. The fourth-order valence-electron chi connectivity index (χ4n) is 3.93. The van der Waals surface area contributed by atoms with Crippen LogP contribution in [0.4, 0.5) is 0 Å². The zero-order chi connectivity index (χ0) is 17.6. The number of halogens is 1. The molecule has 1 fully saturated rings. The normalized spacial score (nSPS) is 32.4. The third-order valence-corrected chi connectivity index (χ3v) is 5.55. The highest BCUT2D eigenvalue weighted by Gasteiger charge is 2.93. The van der Waals surface area contributed by atoms with Crippen molar-refractivity contribution in [1.82, 2.24) is 0 Å². The van der Waals surface area contributed by atoms with Crippen molar-refractivity contribution in [2.75, 3.05) is 13.2 Å². The van der Waals surface area contributed by atoms with E-state index < -0.39 is 22.7 Å². The molecular weight excluding hydrogens is 372 g/mol. The number of nitrogens with two attached hydrogens (primary N) is 1. The second kappa shape index (κ2) is 5.56. The molecule has 0 spiro atoms. The maximum atomic E-state index is 10.1. The van der Waals surface area contributed by atoms with Crippen LogP contribution >= 0.6 is 15.9 Å². The number of benzene rings is 1. The van der Waals surface area contributed by atoms with Crippen LogP contribution in [0, 0.1) is 33.5 Å². The van der Waals surface area contributed by atoms with Gasteiger partial charge in [0, 0.05) is 23.6 Å². The molecule has 124 valence electrons. The van der Waals surface area contributed by atoms with Gasteiger partial charge in [0.1, 0.15) is 11.3 Å². The maximum Gasteiger partial charge on any atom is 0.293 e. The fourth-order valence-corrected chi connectivity index (χ4v) is 4.44. The Labute approximate surface area is 149 Å². The van der Waals surface area contributed by atoms with Crippen molar-refractivity contribution in [2.24, 2.45) is 21.6 Å². The van der Waals surface area contributed by atoms with Gasteiger partial charge in [-0.25, -0.2) is 4.99 Å². The predicted octanol–water partition coefficient (Wildman–Crippen LogP) is 2.66. The van der Waals surface area contributed by atoms with Gasteiger partial charge in [-0.15, -0.1) is 0 Å². The zero-order valence-corrected chi connectivity index (χ0v) is 15.0. The van der Waals surface area contributed by atoms with Crippen LogP contribution in [0.1, 0.15) is 25.3 Å². The smallest absolute Gasteiger partial charge is 0.293 e. The first kappa shape index (κ1) is 16.9. The van der Waals surface area contributed by atoms with Gasteiger partial charge in [0.25, 0.3) is 5.91 Å². The first-order chi connectivity index (χ1) is 11.5. The summed E-state index contributed by atoms with van der Waals surface area (Å²) >= 11 is 3.51. The molecule has 1 aromatic carbocycles. The molecular formula is C17H17BrN4O2. The maximum absolute atomic E-state index is 10.1. The highest BCUT2D eigenvalue weighted by atomic mass is 79.9. The summed E-state index contributed by atoms with van der Waals surface area (Å²) in [5.74, 6) is -1.95. The van der Waals surface area contributed by atoms with Gasteiger partial charge >= 0.3 is 0 Å². The highest BCUT2D eigenvalue weighted by molar-refractivity contribution is 9.10. The zero-order valence-electron chi connectivity index (χ0n) is 13.4. The first-order valence-electron chi connectivity index (χ1n) is 7.72. The third-order valence-electron chi connectivity index (χ3n) is 4.82. The summed E-state index contributed by atoms with van der Waals surface area (Å²) in [6.07, 6.45) is 0. The standard InChI is InChI=1S/C17H17BrN4O2/c1-3-23-17(24-4-2)16(10-20)13(11-7-5-6-8-12(11)18)15(16,9-19)14(21)22-17/h5-8,13H,3-4H2,1-2H3,(H2,21,22). The number of rotatable bonds is 5. The lowest BCUT2D eigenvalue weighted by Crippen LogP contribution is -2.43. The number of nitrogens with zero attached hydrogens (tertiary/aromatic N) is 3. The van der Waals surface area contributed by atoms with Gasteiger partial charge in [0.15, 0.2) is 5.41 Å². The van der Waals surface area contributed by atoms with Gasteiger partial charge in [0.05, 0.1) is 12.1 Å². The Hall–Kier alpha value is -1.93. The largest absolute Gasteiger partial charge is 0.386 e. The second-order valence-corrected chi connectivity index (χ2v) is 6.59. The van der Waals surface area contributed by atoms with Crippen molar-refractivity contribution in [3.05, 3.63) is 34.3 Å². The monoisotopic (exact) mass is 388 g/mol. The number of hydrogen-bond acceptors (Lipinski definition) is 6. The number of hydrogen-bond donors (Lipinski definition) is 1. The minimum Gasteiger partial charge on any atom is -0.386 e. The van der Waals surface area contributed by atoms with Gasteiger partial charge in [-0.3, -0.25) is 0 Å². The average molecular weight is 389 g/mol. The summed E-state index contributed by atoms with van der Waals surface area (Å²) in [6.45, 7) is 4.15. The molecule has 0 aromatic heterocycles. The molecule has 3 rings (SSSR count). The lowest BCUT2D eigenvalue weighted by Gasteiger charge is -2.31. The van der Waals surface area contributed by atoms with E-state index in [2.05, 4.69) is 33.1 Å². The Morgan fingerprint density at radius 3 is 2.33 bits per heavy atom. The summed E-state index contributed by atoms with van der Waals surface area (Å²) in [7, 11) is 0. The molecule has 3 atom stereocenters. The predicted molar refractivity (Wildman–Crippen MR) is 90.6 cm³/mol. The minimum atomic E-state index is -1.56. The Balaban J connectivity index is 2.25. The van der Waals surface area contributed by atoms with Gasteiger partial charge in [0.2, 0.25) is 0 Å². The molecule has 0 amide bonds. The molecule has 0 bridgehead atoms.